The lowest BCUT2D eigenvalue weighted by Gasteiger charge is -2.20. The van der Waals surface area contributed by atoms with Crippen molar-refractivity contribution in [3.05, 3.63) is 48.8 Å². The fourth-order valence-corrected chi connectivity index (χ4v) is 2.82. The first kappa shape index (κ1) is 16.0. The molecular weight excluding hydrogens is 312 g/mol. The normalized spacial score (nSPS) is 14.0. The molecule has 2 heterocycles. The zero-order valence-electron chi connectivity index (χ0n) is 14.4. The van der Waals surface area contributed by atoms with Crippen LogP contribution in [0.15, 0.2) is 48.8 Å². The zero-order chi connectivity index (χ0) is 17.1. The van der Waals surface area contributed by atoms with Crippen molar-refractivity contribution in [1.82, 2.24) is 15.0 Å². The second-order valence-electron chi connectivity index (χ2n) is 6.57. The summed E-state index contributed by atoms with van der Waals surface area (Å²) in [7, 11) is 2.06. The van der Waals surface area contributed by atoms with E-state index in [1.165, 1.54) is 12.8 Å². The van der Waals surface area contributed by atoms with E-state index in [1.807, 2.05) is 30.3 Å². The van der Waals surface area contributed by atoms with Crippen LogP contribution in [0.4, 0.5) is 5.82 Å². The molecular formula is C20H22N4O. The summed E-state index contributed by atoms with van der Waals surface area (Å²) in [6, 6.07) is 12.0. The molecule has 128 valence electrons. The van der Waals surface area contributed by atoms with Gasteiger partial charge in [-0.2, -0.15) is 0 Å². The van der Waals surface area contributed by atoms with Crippen LogP contribution in [0.3, 0.4) is 0 Å². The number of pyridine rings is 1. The Balaban J connectivity index is 1.61. The van der Waals surface area contributed by atoms with Crippen LogP contribution in [0, 0.1) is 5.92 Å². The zero-order valence-corrected chi connectivity index (χ0v) is 14.4. The van der Waals surface area contributed by atoms with Crippen molar-refractivity contribution < 1.29 is 4.74 Å². The van der Waals surface area contributed by atoms with Gasteiger partial charge in [-0.1, -0.05) is 12.1 Å². The van der Waals surface area contributed by atoms with Crippen LogP contribution in [0.2, 0.25) is 0 Å². The largest absolute Gasteiger partial charge is 0.379 e. The monoisotopic (exact) mass is 334 g/mol. The van der Waals surface area contributed by atoms with Gasteiger partial charge in [0, 0.05) is 43.5 Å². The number of fused-ring (bicyclic) bond motifs is 1. The Morgan fingerprint density at radius 3 is 2.80 bits per heavy atom. The van der Waals surface area contributed by atoms with Crippen LogP contribution < -0.4 is 4.90 Å². The van der Waals surface area contributed by atoms with Gasteiger partial charge >= 0.3 is 0 Å². The van der Waals surface area contributed by atoms with Crippen molar-refractivity contribution in [2.75, 3.05) is 31.7 Å². The van der Waals surface area contributed by atoms with Crippen LogP contribution in [0.5, 0.6) is 0 Å². The minimum absolute atomic E-state index is 0.701. The van der Waals surface area contributed by atoms with E-state index in [4.69, 9.17) is 14.7 Å². The number of ether oxygens (including phenoxy) is 1. The topological polar surface area (TPSA) is 51.1 Å². The van der Waals surface area contributed by atoms with Crippen molar-refractivity contribution in [3.8, 4) is 11.4 Å². The highest BCUT2D eigenvalue weighted by molar-refractivity contribution is 5.90. The van der Waals surface area contributed by atoms with Gasteiger partial charge in [-0.05, 0) is 43.0 Å². The summed E-state index contributed by atoms with van der Waals surface area (Å²) in [5.41, 5.74) is 1.87. The summed E-state index contributed by atoms with van der Waals surface area (Å²) >= 11 is 0. The molecule has 0 aliphatic heterocycles. The Morgan fingerprint density at radius 1 is 1.12 bits per heavy atom. The summed E-state index contributed by atoms with van der Waals surface area (Å²) in [6.45, 7) is 2.41. The number of para-hydroxylation sites is 1. The molecule has 0 spiro atoms. The number of anilines is 1. The molecule has 0 atom stereocenters. The Labute approximate surface area is 147 Å². The smallest absolute Gasteiger partial charge is 0.163 e. The first-order chi connectivity index (χ1) is 12.3. The number of rotatable bonds is 7. The van der Waals surface area contributed by atoms with Gasteiger partial charge in [0.05, 0.1) is 12.1 Å². The fraction of sp³-hybridized carbons (Fsp3) is 0.350. The Morgan fingerprint density at radius 2 is 2.00 bits per heavy atom. The number of aromatic nitrogens is 3. The van der Waals surface area contributed by atoms with Gasteiger partial charge < -0.3 is 9.64 Å². The number of likely N-dealkylation sites (N-methyl/N-ethyl adjacent to an activating group) is 1. The first-order valence-corrected chi connectivity index (χ1v) is 8.77. The predicted molar refractivity (Wildman–Crippen MR) is 99.6 cm³/mol. The van der Waals surface area contributed by atoms with Crippen LogP contribution in [0.25, 0.3) is 22.3 Å². The van der Waals surface area contributed by atoms with E-state index in [-0.39, 0.29) is 0 Å². The average Bonchev–Trinajstić information content (AvgIpc) is 3.49. The molecule has 0 bridgehead atoms. The maximum absolute atomic E-state index is 5.78. The van der Waals surface area contributed by atoms with E-state index in [0.29, 0.717) is 12.4 Å². The van der Waals surface area contributed by atoms with E-state index in [1.54, 1.807) is 12.4 Å². The maximum Gasteiger partial charge on any atom is 0.163 e. The third-order valence-electron chi connectivity index (χ3n) is 4.49. The van der Waals surface area contributed by atoms with E-state index in [0.717, 1.165) is 41.4 Å². The lowest BCUT2D eigenvalue weighted by molar-refractivity contribution is 0.131. The minimum Gasteiger partial charge on any atom is -0.379 e. The third-order valence-corrected chi connectivity index (χ3v) is 4.49. The number of hydrogen-bond donors (Lipinski definition) is 0. The molecule has 0 saturated heterocycles. The molecule has 4 rings (SSSR count). The highest BCUT2D eigenvalue weighted by atomic mass is 16.5. The van der Waals surface area contributed by atoms with Gasteiger partial charge in [0.15, 0.2) is 5.82 Å². The third kappa shape index (κ3) is 3.77. The molecule has 1 saturated carbocycles. The summed E-state index contributed by atoms with van der Waals surface area (Å²) in [6.07, 6.45) is 6.20. The Hall–Kier alpha value is -2.53. The molecule has 5 nitrogen and oxygen atoms in total. The van der Waals surface area contributed by atoms with Crippen molar-refractivity contribution in [3.63, 3.8) is 0 Å². The van der Waals surface area contributed by atoms with Gasteiger partial charge in [0.25, 0.3) is 0 Å². The van der Waals surface area contributed by atoms with Gasteiger partial charge in [0.2, 0.25) is 0 Å². The lowest BCUT2D eigenvalue weighted by Crippen LogP contribution is -2.24. The maximum atomic E-state index is 5.78. The van der Waals surface area contributed by atoms with Crippen molar-refractivity contribution >= 4 is 16.7 Å². The second kappa shape index (κ2) is 7.15. The molecule has 0 unspecified atom stereocenters. The molecule has 0 radical (unpaired) electrons. The molecule has 3 aromatic rings. The number of nitrogens with zero attached hydrogens (tertiary/aromatic N) is 4. The van der Waals surface area contributed by atoms with E-state index >= 15 is 0 Å². The van der Waals surface area contributed by atoms with Crippen molar-refractivity contribution in [2.45, 2.75) is 12.8 Å². The molecule has 2 aromatic heterocycles. The quantitative estimate of drug-likeness (QED) is 0.619. The van der Waals surface area contributed by atoms with Gasteiger partial charge in [0.1, 0.15) is 5.82 Å². The Kier molecular flexibility index (Phi) is 4.57. The molecule has 25 heavy (non-hydrogen) atoms. The standard InChI is InChI=1S/C20H22N4O/c1-24(11-12-25-14-15-8-9-15)20-17-6-2-3-7-18(17)22-19(23-20)16-5-4-10-21-13-16/h2-7,10,13,15H,8-9,11-12,14H2,1H3. The van der Waals surface area contributed by atoms with Crippen LogP contribution >= 0.6 is 0 Å². The molecule has 1 aliphatic carbocycles. The highest BCUT2D eigenvalue weighted by Gasteiger charge is 2.21. The Bertz CT molecular complexity index is 849. The highest BCUT2D eigenvalue weighted by Crippen LogP contribution is 2.29. The van der Waals surface area contributed by atoms with Crippen LogP contribution in [-0.2, 0) is 4.74 Å². The van der Waals surface area contributed by atoms with Gasteiger partial charge in [-0.15, -0.1) is 0 Å². The molecule has 0 N–H and O–H groups in total. The van der Waals surface area contributed by atoms with Crippen molar-refractivity contribution in [1.29, 1.82) is 0 Å². The molecule has 0 amide bonds. The lowest BCUT2D eigenvalue weighted by atomic mass is 10.2. The predicted octanol–water partition coefficient (Wildman–Crippen LogP) is 3.55. The summed E-state index contributed by atoms with van der Waals surface area (Å²) in [4.78, 5) is 15.9. The summed E-state index contributed by atoms with van der Waals surface area (Å²) < 4.78 is 5.78. The van der Waals surface area contributed by atoms with Crippen LogP contribution in [0.1, 0.15) is 12.8 Å². The molecule has 1 fully saturated rings. The first-order valence-electron chi connectivity index (χ1n) is 8.77. The summed E-state index contributed by atoms with van der Waals surface area (Å²) in [5.74, 6) is 2.43. The van der Waals surface area contributed by atoms with Gasteiger partial charge in [-0.3, -0.25) is 4.98 Å². The second-order valence-corrected chi connectivity index (χ2v) is 6.57. The number of benzene rings is 1. The average molecular weight is 334 g/mol. The fourth-order valence-electron chi connectivity index (χ4n) is 2.82. The molecule has 1 aromatic carbocycles. The van der Waals surface area contributed by atoms with E-state index < -0.39 is 0 Å². The molecule has 1 aliphatic rings. The number of hydrogen-bond acceptors (Lipinski definition) is 5. The van der Waals surface area contributed by atoms with Crippen LogP contribution in [-0.4, -0.2) is 41.8 Å². The minimum atomic E-state index is 0.701. The summed E-state index contributed by atoms with van der Waals surface area (Å²) in [5, 5.41) is 1.06. The molecule has 5 heteroatoms. The van der Waals surface area contributed by atoms with Gasteiger partial charge in [-0.25, -0.2) is 9.97 Å². The van der Waals surface area contributed by atoms with Crippen molar-refractivity contribution in [2.24, 2.45) is 5.92 Å². The van der Waals surface area contributed by atoms with E-state index in [2.05, 4.69) is 23.0 Å². The van der Waals surface area contributed by atoms with E-state index in [9.17, 15) is 0 Å². The SMILES string of the molecule is CN(CCOCC1CC1)c1nc(-c2cccnc2)nc2ccccc12.